The molecule has 0 spiro atoms. The second kappa shape index (κ2) is 6.89. The number of nitrogens with zero attached hydrogens (tertiary/aromatic N) is 2. The van der Waals surface area contributed by atoms with Crippen molar-refractivity contribution in [2.75, 3.05) is 37.4 Å². The largest absolute Gasteiger partial charge is 0.382 e. The Labute approximate surface area is 113 Å². The summed E-state index contributed by atoms with van der Waals surface area (Å²) in [6.45, 7) is 4.38. The molecular formula is C14H20N4O. The van der Waals surface area contributed by atoms with E-state index < -0.39 is 0 Å². The van der Waals surface area contributed by atoms with Crippen LogP contribution in [-0.4, -0.2) is 36.8 Å². The molecule has 0 saturated heterocycles. The third kappa shape index (κ3) is 3.54. The van der Waals surface area contributed by atoms with Crippen LogP contribution in [-0.2, 0) is 4.74 Å². The molecule has 0 amide bonds. The molecule has 0 aliphatic heterocycles. The topological polar surface area (TPSA) is 59.1 Å². The number of benzene rings is 1. The SMILES string of the molecule is CCOCCCNc1nc(NC)nc2ccccc12. The van der Waals surface area contributed by atoms with Crippen molar-refractivity contribution in [3.05, 3.63) is 24.3 Å². The molecule has 19 heavy (non-hydrogen) atoms. The summed E-state index contributed by atoms with van der Waals surface area (Å²) < 4.78 is 5.32. The highest BCUT2D eigenvalue weighted by molar-refractivity contribution is 5.89. The Morgan fingerprint density at radius 1 is 1.21 bits per heavy atom. The number of ether oxygens (including phenoxy) is 1. The molecule has 0 saturated carbocycles. The highest BCUT2D eigenvalue weighted by Gasteiger charge is 2.05. The second-order valence-electron chi connectivity index (χ2n) is 4.14. The first-order chi connectivity index (χ1) is 9.35. The lowest BCUT2D eigenvalue weighted by Gasteiger charge is -2.10. The lowest BCUT2D eigenvalue weighted by molar-refractivity contribution is 0.147. The van der Waals surface area contributed by atoms with Gasteiger partial charge in [0.1, 0.15) is 5.82 Å². The zero-order chi connectivity index (χ0) is 13.5. The number of para-hydroxylation sites is 1. The van der Waals surface area contributed by atoms with Crippen molar-refractivity contribution in [1.82, 2.24) is 9.97 Å². The van der Waals surface area contributed by atoms with E-state index in [4.69, 9.17) is 4.74 Å². The fourth-order valence-corrected chi connectivity index (χ4v) is 1.85. The molecule has 0 aliphatic carbocycles. The number of rotatable bonds is 7. The van der Waals surface area contributed by atoms with Gasteiger partial charge in [-0.1, -0.05) is 12.1 Å². The van der Waals surface area contributed by atoms with Gasteiger partial charge >= 0.3 is 0 Å². The molecule has 5 heteroatoms. The van der Waals surface area contributed by atoms with E-state index in [0.29, 0.717) is 5.95 Å². The molecule has 0 unspecified atom stereocenters. The van der Waals surface area contributed by atoms with Crippen molar-refractivity contribution in [2.45, 2.75) is 13.3 Å². The lowest BCUT2D eigenvalue weighted by atomic mass is 10.2. The van der Waals surface area contributed by atoms with Gasteiger partial charge in [-0.15, -0.1) is 0 Å². The van der Waals surface area contributed by atoms with Crippen molar-refractivity contribution in [2.24, 2.45) is 0 Å². The van der Waals surface area contributed by atoms with Crippen LogP contribution in [0, 0.1) is 0 Å². The van der Waals surface area contributed by atoms with E-state index in [9.17, 15) is 0 Å². The normalized spacial score (nSPS) is 10.6. The summed E-state index contributed by atoms with van der Waals surface area (Å²) in [6, 6.07) is 7.99. The Morgan fingerprint density at radius 3 is 2.84 bits per heavy atom. The summed E-state index contributed by atoms with van der Waals surface area (Å²) in [4.78, 5) is 8.89. The quantitative estimate of drug-likeness (QED) is 0.749. The Morgan fingerprint density at radius 2 is 2.05 bits per heavy atom. The molecule has 0 aliphatic rings. The predicted molar refractivity (Wildman–Crippen MR) is 78.7 cm³/mol. The van der Waals surface area contributed by atoms with Crippen LogP contribution in [0.5, 0.6) is 0 Å². The number of anilines is 2. The summed E-state index contributed by atoms with van der Waals surface area (Å²) in [5.41, 5.74) is 0.939. The van der Waals surface area contributed by atoms with Crippen LogP contribution in [0.3, 0.4) is 0 Å². The molecule has 1 heterocycles. The fraction of sp³-hybridized carbons (Fsp3) is 0.429. The third-order valence-corrected chi connectivity index (χ3v) is 2.79. The minimum atomic E-state index is 0.631. The third-order valence-electron chi connectivity index (χ3n) is 2.79. The Kier molecular flexibility index (Phi) is 4.92. The maximum Gasteiger partial charge on any atom is 0.224 e. The molecule has 1 aromatic heterocycles. The second-order valence-corrected chi connectivity index (χ2v) is 4.14. The van der Waals surface area contributed by atoms with E-state index in [1.165, 1.54) is 0 Å². The first kappa shape index (κ1) is 13.5. The molecule has 2 rings (SSSR count). The van der Waals surface area contributed by atoms with E-state index in [2.05, 4.69) is 20.6 Å². The van der Waals surface area contributed by atoms with Gasteiger partial charge < -0.3 is 15.4 Å². The Hall–Kier alpha value is -1.88. The minimum Gasteiger partial charge on any atom is -0.382 e. The van der Waals surface area contributed by atoms with Crippen molar-refractivity contribution in [3.63, 3.8) is 0 Å². The zero-order valence-electron chi connectivity index (χ0n) is 11.4. The standard InChI is InChI=1S/C14H20N4O/c1-3-19-10-6-9-16-13-11-7-4-5-8-12(11)17-14(15-2)18-13/h4-5,7-8H,3,6,9-10H2,1-2H3,(H2,15,16,17,18). The smallest absolute Gasteiger partial charge is 0.224 e. The molecule has 2 aromatic rings. The van der Waals surface area contributed by atoms with Crippen molar-refractivity contribution in [3.8, 4) is 0 Å². The molecule has 0 fully saturated rings. The first-order valence-corrected chi connectivity index (χ1v) is 6.61. The minimum absolute atomic E-state index is 0.631. The molecule has 0 bridgehead atoms. The first-order valence-electron chi connectivity index (χ1n) is 6.61. The van der Waals surface area contributed by atoms with E-state index in [1.54, 1.807) is 0 Å². The summed E-state index contributed by atoms with van der Waals surface area (Å²) >= 11 is 0. The highest BCUT2D eigenvalue weighted by atomic mass is 16.5. The van der Waals surface area contributed by atoms with Crippen molar-refractivity contribution < 1.29 is 4.74 Å². The van der Waals surface area contributed by atoms with Crippen LogP contribution in [0.2, 0.25) is 0 Å². The predicted octanol–water partition coefficient (Wildman–Crippen LogP) is 2.51. The van der Waals surface area contributed by atoms with Crippen LogP contribution < -0.4 is 10.6 Å². The Bertz CT molecular complexity index is 530. The average Bonchev–Trinajstić information content (AvgIpc) is 2.46. The molecule has 102 valence electrons. The van der Waals surface area contributed by atoms with Gasteiger partial charge in [0.25, 0.3) is 0 Å². The number of aromatic nitrogens is 2. The summed E-state index contributed by atoms with van der Waals surface area (Å²) in [5, 5.41) is 7.37. The van der Waals surface area contributed by atoms with E-state index >= 15 is 0 Å². The molecule has 0 atom stereocenters. The Balaban J connectivity index is 2.11. The number of nitrogens with one attached hydrogen (secondary N) is 2. The monoisotopic (exact) mass is 260 g/mol. The van der Waals surface area contributed by atoms with E-state index in [0.717, 1.165) is 42.9 Å². The van der Waals surface area contributed by atoms with Gasteiger partial charge in [-0.25, -0.2) is 4.98 Å². The van der Waals surface area contributed by atoms with Gasteiger partial charge in [0.05, 0.1) is 5.52 Å². The van der Waals surface area contributed by atoms with Gasteiger partial charge in [0.2, 0.25) is 5.95 Å². The van der Waals surface area contributed by atoms with Crippen molar-refractivity contribution >= 4 is 22.7 Å². The van der Waals surface area contributed by atoms with E-state index in [-0.39, 0.29) is 0 Å². The van der Waals surface area contributed by atoms with Crippen LogP contribution >= 0.6 is 0 Å². The van der Waals surface area contributed by atoms with Gasteiger partial charge in [0.15, 0.2) is 0 Å². The zero-order valence-corrected chi connectivity index (χ0v) is 11.4. The molecule has 1 aromatic carbocycles. The van der Waals surface area contributed by atoms with Gasteiger partial charge in [-0.2, -0.15) is 4.98 Å². The average molecular weight is 260 g/mol. The number of hydrogen-bond donors (Lipinski definition) is 2. The summed E-state index contributed by atoms with van der Waals surface area (Å²) in [6.07, 6.45) is 0.959. The fourth-order valence-electron chi connectivity index (χ4n) is 1.85. The highest BCUT2D eigenvalue weighted by Crippen LogP contribution is 2.21. The van der Waals surface area contributed by atoms with Crippen molar-refractivity contribution in [1.29, 1.82) is 0 Å². The van der Waals surface area contributed by atoms with Crippen LogP contribution in [0.1, 0.15) is 13.3 Å². The van der Waals surface area contributed by atoms with Gasteiger partial charge in [0, 0.05) is 32.2 Å². The lowest BCUT2D eigenvalue weighted by Crippen LogP contribution is -2.09. The number of hydrogen-bond acceptors (Lipinski definition) is 5. The number of fused-ring (bicyclic) bond motifs is 1. The molecule has 5 nitrogen and oxygen atoms in total. The van der Waals surface area contributed by atoms with Gasteiger partial charge in [-0.3, -0.25) is 0 Å². The maximum absolute atomic E-state index is 5.32. The summed E-state index contributed by atoms with van der Waals surface area (Å²) in [7, 11) is 1.82. The maximum atomic E-state index is 5.32. The summed E-state index contributed by atoms with van der Waals surface area (Å²) in [5.74, 6) is 1.50. The molecule has 0 radical (unpaired) electrons. The molecular weight excluding hydrogens is 240 g/mol. The van der Waals surface area contributed by atoms with Crippen LogP contribution in [0.15, 0.2) is 24.3 Å². The van der Waals surface area contributed by atoms with Crippen LogP contribution in [0.25, 0.3) is 10.9 Å². The van der Waals surface area contributed by atoms with Crippen LogP contribution in [0.4, 0.5) is 11.8 Å². The van der Waals surface area contributed by atoms with Gasteiger partial charge in [-0.05, 0) is 25.5 Å². The molecule has 2 N–H and O–H groups in total. The van der Waals surface area contributed by atoms with E-state index in [1.807, 2.05) is 38.2 Å².